The van der Waals surface area contributed by atoms with Crippen LogP contribution in [0.25, 0.3) is 5.57 Å². The van der Waals surface area contributed by atoms with Gasteiger partial charge in [-0.3, -0.25) is 24.5 Å². The number of rotatable bonds is 4. The van der Waals surface area contributed by atoms with Crippen LogP contribution in [0.2, 0.25) is 0 Å². The molecule has 0 bridgehead atoms. The van der Waals surface area contributed by atoms with Gasteiger partial charge in [0, 0.05) is 39.1 Å². The maximum absolute atomic E-state index is 11.8. The normalized spacial score (nSPS) is 19.0. The lowest BCUT2D eigenvalue weighted by Gasteiger charge is -2.26. The molecule has 0 unspecified atom stereocenters. The first-order chi connectivity index (χ1) is 13.5. The Morgan fingerprint density at radius 2 is 2.18 bits per heavy atom. The average molecular weight is 377 g/mol. The van der Waals surface area contributed by atoms with Crippen LogP contribution in [0.4, 0.5) is 5.69 Å². The second-order valence-electron chi connectivity index (χ2n) is 7.21. The fraction of sp³-hybridized carbons (Fsp3) is 0.333. The summed E-state index contributed by atoms with van der Waals surface area (Å²) in [7, 11) is 1.60. The standard InChI is InChI=1S/C21H23N5O2/c1-13-19-18(25-20(13)27)9-14(10-24-19)12-26-7-5-15(6-8-26)16-3-4-17(23-11-16)21(28)22-2/h3-5,9-11,13H,6-8,12H2,1-2H3,(H,22,28)(H,25,27)/t13-/m1/s1. The molecule has 28 heavy (non-hydrogen) atoms. The van der Waals surface area contributed by atoms with Gasteiger partial charge in [-0.25, -0.2) is 0 Å². The summed E-state index contributed by atoms with van der Waals surface area (Å²) >= 11 is 0. The third-order valence-electron chi connectivity index (χ3n) is 5.33. The molecule has 4 rings (SSSR count). The zero-order chi connectivity index (χ0) is 19.7. The molecule has 2 amide bonds. The van der Waals surface area contributed by atoms with E-state index in [1.807, 2.05) is 25.3 Å². The number of hydrogen-bond acceptors (Lipinski definition) is 5. The lowest BCUT2D eigenvalue weighted by atomic mass is 10.0. The molecule has 0 aliphatic carbocycles. The van der Waals surface area contributed by atoms with Gasteiger partial charge in [-0.1, -0.05) is 12.1 Å². The molecule has 0 spiro atoms. The van der Waals surface area contributed by atoms with Crippen molar-refractivity contribution < 1.29 is 9.59 Å². The molecule has 7 nitrogen and oxygen atoms in total. The molecular formula is C21H23N5O2. The van der Waals surface area contributed by atoms with Crippen molar-refractivity contribution in [2.45, 2.75) is 25.8 Å². The van der Waals surface area contributed by atoms with E-state index < -0.39 is 0 Å². The molecule has 7 heteroatoms. The van der Waals surface area contributed by atoms with Gasteiger partial charge in [0.2, 0.25) is 5.91 Å². The zero-order valence-corrected chi connectivity index (χ0v) is 16.0. The first-order valence-corrected chi connectivity index (χ1v) is 9.44. The number of carbonyl (C=O) groups is 2. The van der Waals surface area contributed by atoms with Gasteiger partial charge in [-0.05, 0) is 42.2 Å². The van der Waals surface area contributed by atoms with Crippen LogP contribution >= 0.6 is 0 Å². The third kappa shape index (κ3) is 3.53. The Bertz CT molecular complexity index is 952. The van der Waals surface area contributed by atoms with Crippen LogP contribution < -0.4 is 10.6 Å². The van der Waals surface area contributed by atoms with Crippen molar-refractivity contribution in [3.63, 3.8) is 0 Å². The van der Waals surface area contributed by atoms with Gasteiger partial charge in [0.05, 0.1) is 17.3 Å². The maximum Gasteiger partial charge on any atom is 0.269 e. The van der Waals surface area contributed by atoms with Crippen molar-refractivity contribution >= 4 is 23.1 Å². The van der Waals surface area contributed by atoms with Crippen LogP contribution in [0.1, 0.15) is 46.6 Å². The van der Waals surface area contributed by atoms with Crippen LogP contribution in [0.5, 0.6) is 0 Å². The Hall–Kier alpha value is -3.06. The first kappa shape index (κ1) is 18.3. The molecule has 144 valence electrons. The largest absolute Gasteiger partial charge is 0.354 e. The Balaban J connectivity index is 1.40. The summed E-state index contributed by atoms with van der Waals surface area (Å²) in [5, 5.41) is 5.48. The highest BCUT2D eigenvalue weighted by atomic mass is 16.2. The molecule has 2 aromatic heterocycles. The summed E-state index contributed by atoms with van der Waals surface area (Å²) in [4.78, 5) is 34.5. The predicted octanol–water partition coefficient (Wildman–Crippen LogP) is 2.18. The highest BCUT2D eigenvalue weighted by Crippen LogP contribution is 2.31. The van der Waals surface area contributed by atoms with Gasteiger partial charge in [-0.15, -0.1) is 0 Å². The quantitative estimate of drug-likeness (QED) is 0.853. The second kappa shape index (κ2) is 7.52. The van der Waals surface area contributed by atoms with Gasteiger partial charge < -0.3 is 10.6 Å². The number of anilines is 1. The molecule has 1 atom stereocenters. The topological polar surface area (TPSA) is 87.2 Å². The number of nitrogens with zero attached hydrogens (tertiary/aromatic N) is 3. The van der Waals surface area contributed by atoms with Gasteiger partial charge in [0.25, 0.3) is 5.91 Å². The molecule has 4 heterocycles. The van der Waals surface area contributed by atoms with Gasteiger partial charge in [0.15, 0.2) is 0 Å². The second-order valence-corrected chi connectivity index (χ2v) is 7.21. The molecule has 2 aliphatic heterocycles. The Morgan fingerprint density at radius 1 is 1.32 bits per heavy atom. The minimum atomic E-state index is -0.177. The van der Waals surface area contributed by atoms with E-state index in [1.54, 1.807) is 19.3 Å². The van der Waals surface area contributed by atoms with Gasteiger partial charge in [0.1, 0.15) is 5.69 Å². The van der Waals surface area contributed by atoms with E-state index in [9.17, 15) is 9.59 Å². The van der Waals surface area contributed by atoms with E-state index in [0.717, 1.165) is 48.6 Å². The van der Waals surface area contributed by atoms with Gasteiger partial charge in [-0.2, -0.15) is 0 Å². The molecule has 0 fully saturated rings. The Kier molecular flexibility index (Phi) is 4.92. The van der Waals surface area contributed by atoms with E-state index in [4.69, 9.17) is 0 Å². The first-order valence-electron chi connectivity index (χ1n) is 9.44. The van der Waals surface area contributed by atoms with E-state index in [1.165, 1.54) is 5.57 Å². The Labute approximate surface area is 163 Å². The molecular weight excluding hydrogens is 354 g/mol. The van der Waals surface area contributed by atoms with Crippen LogP contribution in [-0.4, -0.2) is 46.8 Å². The SMILES string of the molecule is CNC(=O)c1ccc(C2=CCN(Cc3cnc4c(c3)NC(=O)[C@@H]4C)CC2)cn1. The molecule has 0 saturated heterocycles. The van der Waals surface area contributed by atoms with E-state index in [0.29, 0.717) is 5.69 Å². The summed E-state index contributed by atoms with van der Waals surface area (Å²) in [6.07, 6.45) is 6.77. The maximum atomic E-state index is 11.8. The van der Waals surface area contributed by atoms with Crippen molar-refractivity contribution in [3.05, 3.63) is 59.2 Å². The summed E-state index contributed by atoms with van der Waals surface area (Å²) < 4.78 is 0. The Morgan fingerprint density at radius 3 is 2.86 bits per heavy atom. The highest BCUT2D eigenvalue weighted by molar-refractivity contribution is 6.01. The zero-order valence-electron chi connectivity index (χ0n) is 16.0. The predicted molar refractivity (Wildman–Crippen MR) is 107 cm³/mol. The smallest absolute Gasteiger partial charge is 0.269 e. The summed E-state index contributed by atoms with van der Waals surface area (Å²) in [5.74, 6) is -0.335. The molecule has 0 saturated carbocycles. The van der Waals surface area contributed by atoms with Crippen molar-refractivity contribution in [2.24, 2.45) is 0 Å². The number of hydrogen-bond donors (Lipinski definition) is 2. The minimum Gasteiger partial charge on any atom is -0.354 e. The molecule has 2 N–H and O–H groups in total. The summed E-state index contributed by atoms with van der Waals surface area (Å²) in [6, 6.07) is 5.74. The summed E-state index contributed by atoms with van der Waals surface area (Å²) in [6.45, 7) is 4.44. The number of nitrogens with one attached hydrogen (secondary N) is 2. The molecule has 2 aromatic rings. The van der Waals surface area contributed by atoms with Crippen LogP contribution in [0.3, 0.4) is 0 Å². The monoisotopic (exact) mass is 377 g/mol. The van der Waals surface area contributed by atoms with Crippen molar-refractivity contribution in [1.82, 2.24) is 20.2 Å². The molecule has 2 aliphatic rings. The van der Waals surface area contributed by atoms with E-state index >= 15 is 0 Å². The number of aromatic nitrogens is 2. The van der Waals surface area contributed by atoms with Crippen molar-refractivity contribution in [1.29, 1.82) is 0 Å². The molecule has 0 aromatic carbocycles. The van der Waals surface area contributed by atoms with E-state index in [2.05, 4.69) is 31.6 Å². The average Bonchev–Trinajstić information content (AvgIpc) is 3.01. The van der Waals surface area contributed by atoms with Crippen LogP contribution in [0.15, 0.2) is 36.7 Å². The highest BCUT2D eigenvalue weighted by Gasteiger charge is 2.28. The lowest BCUT2D eigenvalue weighted by Crippen LogP contribution is -2.28. The summed E-state index contributed by atoms with van der Waals surface area (Å²) in [5.41, 5.74) is 5.51. The van der Waals surface area contributed by atoms with E-state index in [-0.39, 0.29) is 17.7 Å². The lowest BCUT2D eigenvalue weighted by molar-refractivity contribution is -0.116. The number of carbonyl (C=O) groups excluding carboxylic acids is 2. The fourth-order valence-corrected chi connectivity index (χ4v) is 3.64. The number of amides is 2. The van der Waals surface area contributed by atoms with Crippen molar-refractivity contribution in [2.75, 3.05) is 25.5 Å². The number of fused-ring (bicyclic) bond motifs is 1. The van der Waals surface area contributed by atoms with Gasteiger partial charge >= 0.3 is 0 Å². The minimum absolute atomic E-state index is 0.0150. The van der Waals surface area contributed by atoms with Crippen LogP contribution in [0, 0.1) is 0 Å². The molecule has 0 radical (unpaired) electrons. The van der Waals surface area contributed by atoms with Crippen LogP contribution in [-0.2, 0) is 11.3 Å². The number of pyridine rings is 2. The van der Waals surface area contributed by atoms with Crippen molar-refractivity contribution in [3.8, 4) is 0 Å². The fourth-order valence-electron chi connectivity index (χ4n) is 3.64. The third-order valence-corrected chi connectivity index (χ3v) is 5.33.